The molecule has 0 saturated carbocycles. The Morgan fingerprint density at radius 2 is 1.38 bits per heavy atom. The molecule has 0 fully saturated rings. The molecule has 0 aliphatic carbocycles. The molecule has 12 heteroatoms. The van der Waals surface area contributed by atoms with Crippen molar-refractivity contribution in [3.8, 4) is 0 Å². The third-order valence-corrected chi connectivity index (χ3v) is 12.0. The number of hydrogen-bond donors (Lipinski definition) is 0. The van der Waals surface area contributed by atoms with Gasteiger partial charge in [0.2, 0.25) is 0 Å². The lowest BCUT2D eigenvalue weighted by Gasteiger charge is -2.43. The molecule has 0 spiro atoms. The van der Waals surface area contributed by atoms with Crippen LogP contribution in [0.4, 0.5) is 0 Å². The molecule has 0 saturated heterocycles. The highest BCUT2D eigenvalue weighted by Gasteiger charge is 2.50. The summed E-state index contributed by atoms with van der Waals surface area (Å²) >= 11 is 13.1. The van der Waals surface area contributed by atoms with E-state index in [1.807, 2.05) is 55.4 Å². The van der Waals surface area contributed by atoms with E-state index < -0.39 is 23.7 Å². The third kappa shape index (κ3) is 6.55. The maximum Gasteiger partial charge on any atom is 0.318 e. The lowest BCUT2D eigenvalue weighted by Crippen LogP contribution is -2.27. The zero-order valence-electron chi connectivity index (χ0n) is 15.4. The Morgan fingerprint density at radius 1 is 0.875 bits per heavy atom. The number of rotatable bonds is 8. The fourth-order valence-electron chi connectivity index (χ4n) is 1.60. The molecule has 144 valence electrons. The quantitative estimate of drug-likeness (QED) is 0.298. The van der Waals surface area contributed by atoms with Crippen molar-refractivity contribution < 1.29 is 18.4 Å². The topological polar surface area (TPSA) is 55.8 Å². The second-order valence-corrected chi connectivity index (χ2v) is 13.4. The molecular formula is C12H28Cl2N3O4P3. The van der Waals surface area contributed by atoms with Crippen molar-refractivity contribution in [2.45, 2.75) is 79.8 Å². The molecule has 1 aliphatic heterocycles. The van der Waals surface area contributed by atoms with E-state index in [2.05, 4.69) is 0 Å². The Bertz CT molecular complexity index is 443. The van der Waals surface area contributed by atoms with Crippen molar-refractivity contribution in [2.24, 2.45) is 4.52 Å². The number of nitrogens with zero attached hydrogens (tertiary/aromatic N) is 3. The Balaban J connectivity index is 3.35. The molecule has 0 aromatic carbocycles. The van der Waals surface area contributed by atoms with Crippen molar-refractivity contribution in [2.75, 3.05) is 0 Å². The van der Waals surface area contributed by atoms with Gasteiger partial charge in [0, 0.05) is 0 Å². The zero-order valence-corrected chi connectivity index (χ0v) is 19.6. The van der Waals surface area contributed by atoms with Crippen LogP contribution in [0.25, 0.3) is 0 Å². The second kappa shape index (κ2) is 10.1. The van der Waals surface area contributed by atoms with Gasteiger partial charge < -0.3 is 13.6 Å². The Morgan fingerprint density at radius 3 is 1.75 bits per heavy atom. The normalized spacial score (nSPS) is 25.9. The van der Waals surface area contributed by atoms with E-state index in [-0.39, 0.29) is 24.4 Å². The molecule has 1 heterocycles. The van der Waals surface area contributed by atoms with Crippen LogP contribution in [0.1, 0.15) is 55.4 Å². The molecule has 24 heavy (non-hydrogen) atoms. The number of hydrogen-bond acceptors (Lipinski definition) is 7. The minimum atomic E-state index is -2.94. The maximum absolute atomic E-state index is 6.61. The van der Waals surface area contributed by atoms with E-state index in [0.29, 0.717) is 0 Å². The highest BCUT2D eigenvalue weighted by Crippen LogP contribution is 2.82. The molecule has 0 bridgehead atoms. The molecule has 0 radical (unpaired) electrons. The highest BCUT2D eigenvalue weighted by molar-refractivity contribution is 7.93. The first-order chi connectivity index (χ1) is 11.0. The summed E-state index contributed by atoms with van der Waals surface area (Å²) in [7, 11) is -6.03. The fourth-order valence-corrected chi connectivity index (χ4v) is 11.0. The molecule has 1 rings (SSSR count). The van der Waals surface area contributed by atoms with Gasteiger partial charge in [0.05, 0.1) is 24.4 Å². The van der Waals surface area contributed by atoms with Crippen LogP contribution in [0.3, 0.4) is 0 Å². The molecule has 7 nitrogen and oxygen atoms in total. The lowest BCUT2D eigenvalue weighted by molar-refractivity contribution is -0.0619. The Kier molecular flexibility index (Phi) is 9.88. The Labute approximate surface area is 158 Å². The summed E-state index contributed by atoms with van der Waals surface area (Å²) in [5, 5.41) is 0. The smallest absolute Gasteiger partial charge is 0.318 e. The lowest BCUT2D eigenvalue weighted by atomic mass is 10.5. The van der Waals surface area contributed by atoms with E-state index in [0.717, 1.165) is 0 Å². The van der Waals surface area contributed by atoms with Gasteiger partial charge in [-0.2, -0.15) is 4.52 Å². The molecular weight excluding hydrogens is 414 g/mol. The molecule has 0 amide bonds. The molecule has 0 N–H and O–H groups in total. The summed E-state index contributed by atoms with van der Waals surface area (Å²) < 4.78 is 25.7. The van der Waals surface area contributed by atoms with Crippen molar-refractivity contribution in [1.82, 2.24) is 8.56 Å². The van der Waals surface area contributed by atoms with Crippen LogP contribution >= 0.6 is 46.7 Å². The van der Waals surface area contributed by atoms with E-state index in [4.69, 9.17) is 45.9 Å². The second-order valence-electron chi connectivity index (χ2n) is 6.18. The molecule has 1 aliphatic rings. The molecule has 2 unspecified atom stereocenters. The van der Waals surface area contributed by atoms with Crippen molar-refractivity contribution in [1.29, 1.82) is 0 Å². The number of halogens is 2. The first kappa shape index (κ1) is 23.5. The maximum atomic E-state index is 6.61. The van der Waals surface area contributed by atoms with Gasteiger partial charge >= 0.3 is 7.66 Å². The van der Waals surface area contributed by atoms with Crippen LogP contribution in [0.2, 0.25) is 0 Å². The van der Waals surface area contributed by atoms with Crippen molar-refractivity contribution in [3.63, 3.8) is 0 Å². The fraction of sp³-hybridized carbons (Fsp3) is 1.00. The molecule has 0 aromatic rings. The van der Waals surface area contributed by atoms with E-state index in [1.165, 1.54) is 3.96 Å². The van der Waals surface area contributed by atoms with Gasteiger partial charge in [-0.15, -0.1) is 0 Å². The summed E-state index contributed by atoms with van der Waals surface area (Å²) in [6.45, 7) is 15.3. The summed E-state index contributed by atoms with van der Waals surface area (Å²) in [4.78, 5) is 5.81. The molecule has 0 aromatic heterocycles. The van der Waals surface area contributed by atoms with Crippen LogP contribution in [-0.2, 0) is 18.4 Å². The Hall–Kier alpha value is 1.43. The van der Waals surface area contributed by atoms with Gasteiger partial charge in [0.25, 0.3) is 8.45 Å². The van der Waals surface area contributed by atoms with Crippen LogP contribution in [0.15, 0.2) is 4.52 Å². The van der Waals surface area contributed by atoms with Crippen molar-refractivity contribution >= 4 is 46.7 Å². The van der Waals surface area contributed by atoms with Crippen LogP contribution < -0.4 is 0 Å². The summed E-state index contributed by atoms with van der Waals surface area (Å²) in [6, 6.07) is 0. The standard InChI is InChI=1S/C12H28Cl2N3O4P3/c1-9(2)18-17-22(14)16(13)24(20-11(5)6,21-12(7)8)15-23(17)19-10(3)4/h9-12H,1-8H3. The average molecular weight is 442 g/mol. The van der Waals surface area contributed by atoms with Gasteiger partial charge in [0.15, 0.2) is 7.58 Å². The van der Waals surface area contributed by atoms with Crippen LogP contribution in [-0.4, -0.2) is 33.0 Å². The van der Waals surface area contributed by atoms with E-state index >= 15 is 0 Å². The minimum Gasteiger partial charge on any atom is -0.321 e. The first-order valence-corrected chi connectivity index (χ1v) is 13.0. The predicted octanol–water partition coefficient (Wildman–Crippen LogP) is 7.01. The van der Waals surface area contributed by atoms with Crippen molar-refractivity contribution in [3.05, 3.63) is 0 Å². The minimum absolute atomic E-state index is 0.0555. The van der Waals surface area contributed by atoms with Crippen LogP contribution in [0.5, 0.6) is 0 Å². The largest absolute Gasteiger partial charge is 0.321 e. The van der Waals surface area contributed by atoms with Gasteiger partial charge in [0.1, 0.15) is 0 Å². The zero-order chi connectivity index (χ0) is 18.7. The average Bonchev–Trinajstić information content (AvgIpc) is 2.38. The molecule has 2 atom stereocenters. The SMILES string of the molecule is CC(C)ON1P(OC(C)C)N=P(OC(C)C)(OC(C)C)N(Cl)P1Cl. The van der Waals surface area contributed by atoms with Crippen LogP contribution in [0, 0.1) is 0 Å². The summed E-state index contributed by atoms with van der Waals surface area (Å²) in [6.07, 6.45) is -0.399. The third-order valence-electron chi connectivity index (χ3n) is 2.13. The van der Waals surface area contributed by atoms with Gasteiger partial charge in [-0.25, -0.2) is 0 Å². The van der Waals surface area contributed by atoms with Gasteiger partial charge in [-0.1, -0.05) is 19.8 Å². The summed E-state index contributed by atoms with van der Waals surface area (Å²) in [5.74, 6) is 0. The highest BCUT2D eigenvalue weighted by atomic mass is 35.7. The van der Waals surface area contributed by atoms with E-state index in [9.17, 15) is 0 Å². The summed E-state index contributed by atoms with van der Waals surface area (Å²) in [5.41, 5.74) is 0. The van der Waals surface area contributed by atoms with Gasteiger partial charge in [-0.05, 0) is 67.2 Å². The first-order valence-electron chi connectivity index (χ1n) is 7.83. The predicted molar refractivity (Wildman–Crippen MR) is 103 cm³/mol. The van der Waals surface area contributed by atoms with E-state index in [1.54, 1.807) is 4.60 Å². The monoisotopic (exact) mass is 441 g/mol. The van der Waals surface area contributed by atoms with Gasteiger partial charge in [-0.3, -0.25) is 4.84 Å².